The SMILES string of the molecule is COc1cc(C(=O)N/C(=C/c2ccc(Br)cc2)C(=O)N[C@@H](C)C(=O)O)cc(OC)c1OC. The average Bonchev–Trinajstić information content (AvgIpc) is 2.78. The third-order valence-electron chi connectivity index (χ3n) is 4.32. The zero-order chi connectivity index (χ0) is 23.8. The molecule has 2 amide bonds. The van der Waals surface area contributed by atoms with Gasteiger partial charge >= 0.3 is 5.97 Å². The highest BCUT2D eigenvalue weighted by Crippen LogP contribution is 2.38. The van der Waals surface area contributed by atoms with E-state index in [-0.39, 0.29) is 22.8 Å². The second-order valence-electron chi connectivity index (χ2n) is 6.51. The summed E-state index contributed by atoms with van der Waals surface area (Å²) in [5.41, 5.74) is 0.617. The normalized spacial score (nSPS) is 11.8. The lowest BCUT2D eigenvalue weighted by atomic mass is 10.1. The summed E-state index contributed by atoms with van der Waals surface area (Å²) in [5.74, 6) is -1.77. The Morgan fingerprint density at radius 3 is 2.03 bits per heavy atom. The number of halogens is 1. The van der Waals surface area contributed by atoms with Crippen LogP contribution in [0.4, 0.5) is 0 Å². The largest absolute Gasteiger partial charge is 0.493 e. The number of methoxy groups -OCH3 is 3. The molecular formula is C22H23BrN2O7. The molecule has 2 rings (SSSR count). The second kappa shape index (κ2) is 11.2. The Labute approximate surface area is 193 Å². The highest BCUT2D eigenvalue weighted by atomic mass is 79.9. The minimum atomic E-state index is -1.21. The molecule has 0 fully saturated rings. The molecule has 0 bridgehead atoms. The molecule has 0 saturated heterocycles. The third kappa shape index (κ3) is 6.24. The van der Waals surface area contributed by atoms with Crippen LogP contribution in [-0.4, -0.2) is 50.3 Å². The van der Waals surface area contributed by atoms with E-state index in [9.17, 15) is 14.4 Å². The standard InChI is InChI=1S/C22H23BrN2O7/c1-12(22(28)29)24-21(27)16(9-13-5-7-15(23)8-6-13)25-20(26)14-10-17(30-2)19(32-4)18(11-14)31-3/h5-12H,1-4H3,(H,24,27)(H,25,26)(H,28,29)/b16-9+/t12-/m0/s1. The van der Waals surface area contributed by atoms with E-state index in [4.69, 9.17) is 19.3 Å². The molecule has 0 aromatic heterocycles. The fourth-order valence-electron chi connectivity index (χ4n) is 2.63. The zero-order valence-electron chi connectivity index (χ0n) is 17.9. The molecule has 0 radical (unpaired) electrons. The summed E-state index contributed by atoms with van der Waals surface area (Å²) in [7, 11) is 4.27. The first kappa shape index (κ1) is 24.7. The molecule has 2 aromatic rings. The molecule has 3 N–H and O–H groups in total. The Morgan fingerprint density at radius 1 is 1.00 bits per heavy atom. The molecule has 10 heteroatoms. The number of hydrogen-bond donors (Lipinski definition) is 3. The fraction of sp³-hybridized carbons (Fsp3) is 0.227. The van der Waals surface area contributed by atoms with Crippen molar-refractivity contribution in [3.05, 3.63) is 57.7 Å². The molecule has 0 aliphatic heterocycles. The Bertz CT molecular complexity index is 1010. The number of nitrogens with one attached hydrogen (secondary N) is 2. The van der Waals surface area contributed by atoms with E-state index in [1.165, 1.54) is 46.5 Å². The van der Waals surface area contributed by atoms with Crippen molar-refractivity contribution < 1.29 is 33.7 Å². The van der Waals surface area contributed by atoms with Crippen molar-refractivity contribution in [2.45, 2.75) is 13.0 Å². The molecule has 0 unspecified atom stereocenters. The minimum absolute atomic E-state index is 0.139. The van der Waals surface area contributed by atoms with Crippen molar-refractivity contribution in [2.75, 3.05) is 21.3 Å². The van der Waals surface area contributed by atoms with E-state index < -0.39 is 23.8 Å². The number of rotatable bonds is 9. The van der Waals surface area contributed by atoms with E-state index in [0.29, 0.717) is 11.3 Å². The van der Waals surface area contributed by atoms with Gasteiger partial charge in [0.25, 0.3) is 11.8 Å². The number of amides is 2. The van der Waals surface area contributed by atoms with Crippen LogP contribution in [0.5, 0.6) is 17.2 Å². The number of carboxylic acid groups (broad SMARTS) is 1. The quantitative estimate of drug-likeness (QED) is 0.446. The first-order valence-corrected chi connectivity index (χ1v) is 10.1. The molecule has 32 heavy (non-hydrogen) atoms. The number of carboxylic acids is 1. The molecule has 0 saturated carbocycles. The van der Waals surface area contributed by atoms with Crippen LogP contribution in [0.2, 0.25) is 0 Å². The monoisotopic (exact) mass is 506 g/mol. The number of carbonyl (C=O) groups excluding carboxylic acids is 2. The summed E-state index contributed by atoms with van der Waals surface area (Å²) < 4.78 is 16.6. The van der Waals surface area contributed by atoms with Crippen LogP contribution < -0.4 is 24.8 Å². The van der Waals surface area contributed by atoms with Gasteiger partial charge in [-0.25, -0.2) is 0 Å². The van der Waals surface area contributed by atoms with Gasteiger partial charge < -0.3 is 30.0 Å². The van der Waals surface area contributed by atoms with Crippen LogP contribution in [0.3, 0.4) is 0 Å². The lowest BCUT2D eigenvalue weighted by Gasteiger charge is -2.16. The molecule has 170 valence electrons. The minimum Gasteiger partial charge on any atom is -0.493 e. The first-order chi connectivity index (χ1) is 15.2. The first-order valence-electron chi connectivity index (χ1n) is 9.32. The van der Waals surface area contributed by atoms with E-state index in [1.807, 2.05) is 0 Å². The van der Waals surface area contributed by atoms with Crippen LogP contribution >= 0.6 is 15.9 Å². The number of benzene rings is 2. The molecular weight excluding hydrogens is 484 g/mol. The molecule has 9 nitrogen and oxygen atoms in total. The van der Waals surface area contributed by atoms with Crippen LogP contribution in [0.25, 0.3) is 6.08 Å². The maximum absolute atomic E-state index is 13.0. The predicted molar refractivity (Wildman–Crippen MR) is 121 cm³/mol. The van der Waals surface area contributed by atoms with Gasteiger partial charge in [0.15, 0.2) is 11.5 Å². The van der Waals surface area contributed by atoms with Gasteiger partial charge in [-0.2, -0.15) is 0 Å². The molecule has 2 aromatic carbocycles. The van der Waals surface area contributed by atoms with Gasteiger partial charge in [-0.05, 0) is 42.8 Å². The van der Waals surface area contributed by atoms with Crippen LogP contribution in [0.1, 0.15) is 22.8 Å². The van der Waals surface area contributed by atoms with E-state index in [1.54, 1.807) is 24.3 Å². The van der Waals surface area contributed by atoms with Gasteiger partial charge in [-0.3, -0.25) is 14.4 Å². The Balaban J connectivity index is 2.42. The fourth-order valence-corrected chi connectivity index (χ4v) is 2.89. The van der Waals surface area contributed by atoms with E-state index in [0.717, 1.165) is 4.47 Å². The Hall–Kier alpha value is -3.53. The van der Waals surface area contributed by atoms with Crippen molar-refractivity contribution in [1.29, 1.82) is 0 Å². The number of ether oxygens (including phenoxy) is 3. The zero-order valence-corrected chi connectivity index (χ0v) is 19.5. The maximum Gasteiger partial charge on any atom is 0.325 e. The summed E-state index contributed by atoms with van der Waals surface area (Å²) in [6.07, 6.45) is 1.44. The Kier molecular flexibility index (Phi) is 8.65. The van der Waals surface area contributed by atoms with Crippen molar-refractivity contribution in [3.63, 3.8) is 0 Å². The molecule has 0 aliphatic carbocycles. The summed E-state index contributed by atoms with van der Waals surface area (Å²) in [6, 6.07) is 8.70. The molecule has 0 aliphatic rings. The lowest BCUT2D eigenvalue weighted by Crippen LogP contribution is -2.42. The number of carbonyl (C=O) groups is 3. The summed E-state index contributed by atoms with van der Waals surface area (Å²) >= 11 is 3.33. The molecule has 1 atom stereocenters. The molecule has 0 spiro atoms. The van der Waals surface area contributed by atoms with Crippen LogP contribution in [0, 0.1) is 0 Å². The lowest BCUT2D eigenvalue weighted by molar-refractivity contribution is -0.140. The highest BCUT2D eigenvalue weighted by molar-refractivity contribution is 9.10. The second-order valence-corrected chi connectivity index (χ2v) is 7.43. The number of hydrogen-bond acceptors (Lipinski definition) is 6. The van der Waals surface area contributed by atoms with Crippen molar-refractivity contribution in [1.82, 2.24) is 10.6 Å². The Morgan fingerprint density at radius 2 is 1.56 bits per heavy atom. The van der Waals surface area contributed by atoms with Gasteiger partial charge in [0.2, 0.25) is 5.75 Å². The van der Waals surface area contributed by atoms with Gasteiger partial charge in [-0.1, -0.05) is 28.1 Å². The number of aliphatic carboxylic acids is 1. The smallest absolute Gasteiger partial charge is 0.325 e. The van der Waals surface area contributed by atoms with Gasteiger partial charge in [0, 0.05) is 10.0 Å². The van der Waals surface area contributed by atoms with Crippen LogP contribution in [-0.2, 0) is 9.59 Å². The van der Waals surface area contributed by atoms with E-state index >= 15 is 0 Å². The van der Waals surface area contributed by atoms with Gasteiger partial charge in [-0.15, -0.1) is 0 Å². The van der Waals surface area contributed by atoms with Crippen molar-refractivity contribution in [3.8, 4) is 17.2 Å². The summed E-state index contributed by atoms with van der Waals surface area (Å²) in [4.78, 5) is 36.8. The van der Waals surface area contributed by atoms with E-state index in [2.05, 4.69) is 26.6 Å². The van der Waals surface area contributed by atoms with Crippen LogP contribution in [0.15, 0.2) is 46.6 Å². The molecule has 0 heterocycles. The predicted octanol–water partition coefficient (Wildman–Crippen LogP) is 2.84. The van der Waals surface area contributed by atoms with Gasteiger partial charge in [0.1, 0.15) is 11.7 Å². The van der Waals surface area contributed by atoms with Gasteiger partial charge in [0.05, 0.1) is 21.3 Å². The summed E-state index contributed by atoms with van der Waals surface area (Å²) in [5, 5.41) is 14.0. The maximum atomic E-state index is 13.0. The van der Waals surface area contributed by atoms with Crippen molar-refractivity contribution in [2.24, 2.45) is 0 Å². The average molecular weight is 507 g/mol. The third-order valence-corrected chi connectivity index (χ3v) is 4.85. The van der Waals surface area contributed by atoms with Crippen molar-refractivity contribution >= 4 is 39.8 Å². The topological polar surface area (TPSA) is 123 Å². The highest BCUT2D eigenvalue weighted by Gasteiger charge is 2.22. The summed E-state index contributed by atoms with van der Waals surface area (Å²) in [6.45, 7) is 1.32.